The minimum atomic E-state index is -0.936. The lowest BCUT2D eigenvalue weighted by molar-refractivity contribution is -0.151. The van der Waals surface area contributed by atoms with Crippen molar-refractivity contribution in [2.45, 2.75) is 87.9 Å². The number of nitrogens with two attached hydrogens (primary N) is 1. The molecule has 4 aliphatic heterocycles. The van der Waals surface area contributed by atoms with E-state index >= 15 is 0 Å². The third kappa shape index (κ3) is 3.76. The molecule has 10 heteroatoms. The second-order valence-corrected chi connectivity index (χ2v) is 11.2. The lowest BCUT2D eigenvalue weighted by Gasteiger charge is -2.38. The van der Waals surface area contributed by atoms with Gasteiger partial charge in [-0.05, 0) is 58.6 Å². The molecule has 4 fully saturated rings. The Morgan fingerprint density at radius 3 is 2.55 bits per heavy atom. The predicted molar refractivity (Wildman–Crippen MR) is 115 cm³/mol. The molecule has 0 aromatic rings. The van der Waals surface area contributed by atoms with Gasteiger partial charge in [-0.25, -0.2) is 4.79 Å². The molecular formula is C21H32N4O5S. The van der Waals surface area contributed by atoms with Crippen LogP contribution >= 0.6 is 11.8 Å². The normalized spacial score (nSPS) is 33.2. The van der Waals surface area contributed by atoms with Crippen molar-refractivity contribution in [3.8, 4) is 0 Å². The lowest BCUT2D eigenvalue weighted by atomic mass is 9.93. The van der Waals surface area contributed by atoms with Crippen LogP contribution in [0, 0.1) is 0 Å². The van der Waals surface area contributed by atoms with Crippen LogP contribution in [0.15, 0.2) is 0 Å². The fraction of sp³-hybridized carbons (Fsp3) is 0.810. The van der Waals surface area contributed by atoms with Crippen molar-refractivity contribution in [1.82, 2.24) is 14.7 Å². The van der Waals surface area contributed by atoms with E-state index in [0.717, 1.165) is 18.6 Å². The van der Waals surface area contributed by atoms with Crippen LogP contribution in [0.25, 0.3) is 0 Å². The Morgan fingerprint density at radius 2 is 1.87 bits per heavy atom. The van der Waals surface area contributed by atoms with Gasteiger partial charge in [-0.2, -0.15) is 0 Å². The Hall–Kier alpha value is -1.97. The van der Waals surface area contributed by atoms with Crippen LogP contribution in [0.1, 0.15) is 59.3 Å². The molecule has 0 radical (unpaired) electrons. The first kappa shape index (κ1) is 22.2. The van der Waals surface area contributed by atoms with Crippen molar-refractivity contribution in [3.05, 3.63) is 0 Å². The second-order valence-electron chi connectivity index (χ2n) is 9.91. The molecule has 2 N–H and O–H groups in total. The maximum atomic E-state index is 13.7. The molecule has 4 atom stereocenters. The summed E-state index contributed by atoms with van der Waals surface area (Å²) in [5.74, 6) is -0.0736. The Kier molecular flexibility index (Phi) is 5.64. The molecule has 4 saturated heterocycles. The first-order valence-electron chi connectivity index (χ1n) is 11.1. The van der Waals surface area contributed by atoms with Crippen LogP contribution in [-0.2, 0) is 19.1 Å². The number of ether oxygens (including phenoxy) is 1. The number of amides is 4. The van der Waals surface area contributed by atoms with Crippen molar-refractivity contribution < 1.29 is 23.9 Å². The highest BCUT2D eigenvalue weighted by molar-refractivity contribution is 7.99. The Bertz CT molecular complexity index is 799. The number of nitrogens with zero attached hydrogens (tertiary/aromatic N) is 3. The van der Waals surface area contributed by atoms with Crippen molar-refractivity contribution in [3.63, 3.8) is 0 Å². The van der Waals surface area contributed by atoms with E-state index in [4.69, 9.17) is 10.5 Å². The minimum Gasteiger partial charge on any atom is -0.444 e. The number of primary amides is 1. The number of hydrogen-bond donors (Lipinski definition) is 1. The summed E-state index contributed by atoms with van der Waals surface area (Å²) in [6.45, 7) is 6.35. The highest BCUT2D eigenvalue weighted by atomic mass is 32.2. The number of carbonyl (C=O) groups is 4. The maximum Gasteiger partial charge on any atom is 0.410 e. The van der Waals surface area contributed by atoms with Crippen molar-refractivity contribution in [2.75, 3.05) is 18.8 Å². The maximum absolute atomic E-state index is 13.7. The zero-order chi connectivity index (χ0) is 22.6. The number of rotatable bonds is 2. The van der Waals surface area contributed by atoms with Gasteiger partial charge in [0.25, 0.3) is 0 Å². The summed E-state index contributed by atoms with van der Waals surface area (Å²) in [4.78, 5) is 56.8. The van der Waals surface area contributed by atoms with Gasteiger partial charge in [0.2, 0.25) is 17.7 Å². The van der Waals surface area contributed by atoms with E-state index in [-0.39, 0.29) is 17.2 Å². The zero-order valence-corrected chi connectivity index (χ0v) is 19.3. The number of thioether (sulfide) groups is 1. The summed E-state index contributed by atoms with van der Waals surface area (Å²) in [5.41, 5.74) is 4.01. The largest absolute Gasteiger partial charge is 0.444 e. The zero-order valence-electron chi connectivity index (χ0n) is 18.5. The molecule has 0 saturated carbocycles. The quantitative estimate of drug-likeness (QED) is 0.676. The monoisotopic (exact) mass is 452 g/mol. The summed E-state index contributed by atoms with van der Waals surface area (Å²) in [6.07, 6.45) is 3.14. The van der Waals surface area contributed by atoms with E-state index in [2.05, 4.69) is 0 Å². The van der Waals surface area contributed by atoms with Gasteiger partial charge >= 0.3 is 6.09 Å². The molecule has 0 aromatic carbocycles. The molecule has 31 heavy (non-hydrogen) atoms. The molecule has 0 aliphatic carbocycles. The van der Waals surface area contributed by atoms with Crippen molar-refractivity contribution in [1.29, 1.82) is 0 Å². The smallest absolute Gasteiger partial charge is 0.410 e. The van der Waals surface area contributed by atoms with E-state index in [1.807, 2.05) is 0 Å². The molecule has 0 unspecified atom stereocenters. The van der Waals surface area contributed by atoms with Gasteiger partial charge in [0.15, 0.2) is 0 Å². The molecule has 4 amide bonds. The summed E-state index contributed by atoms with van der Waals surface area (Å²) < 4.78 is 5.51. The van der Waals surface area contributed by atoms with Crippen molar-refractivity contribution in [2.24, 2.45) is 5.73 Å². The fourth-order valence-corrected chi connectivity index (χ4v) is 6.87. The number of carbonyl (C=O) groups excluding carboxylic acids is 4. The number of fused-ring (bicyclic) bond motifs is 1. The lowest BCUT2D eigenvalue weighted by Crippen LogP contribution is -2.59. The molecule has 9 nitrogen and oxygen atoms in total. The van der Waals surface area contributed by atoms with Crippen LogP contribution in [-0.4, -0.2) is 86.0 Å². The molecule has 4 heterocycles. The van der Waals surface area contributed by atoms with E-state index < -0.39 is 35.2 Å². The highest BCUT2D eigenvalue weighted by Gasteiger charge is 2.62. The first-order valence-corrected chi connectivity index (χ1v) is 12.1. The van der Waals surface area contributed by atoms with E-state index in [9.17, 15) is 19.2 Å². The molecule has 1 spiro atoms. The second kappa shape index (κ2) is 7.86. The van der Waals surface area contributed by atoms with Crippen LogP contribution in [0.5, 0.6) is 0 Å². The highest BCUT2D eigenvalue weighted by Crippen LogP contribution is 2.48. The van der Waals surface area contributed by atoms with Crippen LogP contribution < -0.4 is 5.73 Å². The third-order valence-corrected chi connectivity index (χ3v) is 7.99. The molecule has 0 aromatic heterocycles. The molecule has 4 aliphatic rings. The summed E-state index contributed by atoms with van der Waals surface area (Å²) in [7, 11) is 0. The van der Waals surface area contributed by atoms with Gasteiger partial charge in [0.1, 0.15) is 23.2 Å². The SMILES string of the molecule is CC(C)(C)OC(=O)N1CCC[C@H]1C(=O)N1CCC[C@]12C[C@H]1SCC[C@H](C(N)=O)N1C2=O. The van der Waals surface area contributed by atoms with Gasteiger partial charge in [-0.15, -0.1) is 11.8 Å². The molecule has 172 valence electrons. The average Bonchev–Trinajstić information content (AvgIpc) is 3.39. The fourth-order valence-electron chi connectivity index (χ4n) is 5.44. The van der Waals surface area contributed by atoms with E-state index in [0.29, 0.717) is 38.8 Å². The molecular weight excluding hydrogens is 420 g/mol. The van der Waals surface area contributed by atoms with E-state index in [1.54, 1.807) is 42.3 Å². The van der Waals surface area contributed by atoms with E-state index in [1.165, 1.54) is 4.90 Å². The Balaban J connectivity index is 1.57. The van der Waals surface area contributed by atoms with Crippen LogP contribution in [0.4, 0.5) is 4.79 Å². The van der Waals surface area contributed by atoms with Gasteiger partial charge in [0, 0.05) is 19.5 Å². The van der Waals surface area contributed by atoms with Crippen LogP contribution in [0.3, 0.4) is 0 Å². The number of hydrogen-bond acceptors (Lipinski definition) is 6. The van der Waals surface area contributed by atoms with Gasteiger partial charge in [0.05, 0.1) is 5.37 Å². The predicted octanol–water partition coefficient (Wildman–Crippen LogP) is 1.30. The van der Waals surface area contributed by atoms with Crippen LogP contribution in [0.2, 0.25) is 0 Å². The van der Waals surface area contributed by atoms with Crippen molar-refractivity contribution >= 4 is 35.6 Å². The number of likely N-dealkylation sites (tertiary alicyclic amines) is 2. The van der Waals surface area contributed by atoms with Gasteiger partial charge < -0.3 is 20.3 Å². The summed E-state index contributed by atoms with van der Waals surface area (Å²) in [5, 5.41) is -0.141. The summed E-state index contributed by atoms with van der Waals surface area (Å²) in [6, 6.07) is -1.23. The van der Waals surface area contributed by atoms with Gasteiger partial charge in [-0.1, -0.05) is 0 Å². The standard InChI is InChI=1S/C21H32N4O5S/c1-20(2,3)30-19(29)23-9-4-6-14(23)17(27)24-10-5-8-21(24)12-15-25(18(21)28)13(16(22)26)7-11-31-15/h13-15H,4-12H2,1-3H3,(H2,22,26)/t13-,14+,15-,21-/m1/s1. The van der Waals surface area contributed by atoms with Gasteiger partial charge in [-0.3, -0.25) is 19.3 Å². The first-order chi connectivity index (χ1) is 14.5. The Labute approximate surface area is 187 Å². The molecule has 0 bridgehead atoms. The average molecular weight is 453 g/mol. The molecule has 4 rings (SSSR count). The Morgan fingerprint density at radius 1 is 1.13 bits per heavy atom. The topological polar surface area (TPSA) is 113 Å². The summed E-state index contributed by atoms with van der Waals surface area (Å²) >= 11 is 1.65. The minimum absolute atomic E-state index is 0.141. The third-order valence-electron chi connectivity index (χ3n) is 6.74.